The monoisotopic (exact) mass is 262 g/mol. The van der Waals surface area contributed by atoms with E-state index in [1.165, 1.54) is 0 Å². The number of carbonyl (C=O) groups excluding carboxylic acids is 1. The molecule has 0 aliphatic carbocycles. The molecule has 1 atom stereocenters. The van der Waals surface area contributed by atoms with Crippen LogP contribution in [0, 0.1) is 0 Å². The summed E-state index contributed by atoms with van der Waals surface area (Å²) in [5.41, 5.74) is 0.665. The smallest absolute Gasteiger partial charge is 0.319 e. The Labute approximate surface area is 109 Å². The van der Waals surface area contributed by atoms with Gasteiger partial charge in [0.05, 0.1) is 13.2 Å². The third-order valence-electron chi connectivity index (χ3n) is 2.44. The van der Waals surface area contributed by atoms with Crippen LogP contribution in [0.5, 0.6) is 5.75 Å². The van der Waals surface area contributed by atoms with Crippen molar-refractivity contribution in [3.8, 4) is 5.75 Å². The van der Waals surface area contributed by atoms with E-state index in [0.717, 1.165) is 5.75 Å². The van der Waals surface area contributed by atoms with Gasteiger partial charge < -0.3 is 15.4 Å². The van der Waals surface area contributed by atoms with Crippen LogP contribution in [-0.4, -0.2) is 33.8 Å². The van der Waals surface area contributed by atoms with Gasteiger partial charge in [0.25, 0.3) is 0 Å². The van der Waals surface area contributed by atoms with Crippen molar-refractivity contribution in [1.82, 2.24) is 25.9 Å². The topological polar surface area (TPSA) is 105 Å². The number of benzene rings is 1. The Morgan fingerprint density at radius 2 is 2.11 bits per heavy atom. The van der Waals surface area contributed by atoms with E-state index in [9.17, 15) is 4.79 Å². The van der Waals surface area contributed by atoms with E-state index in [4.69, 9.17) is 4.74 Å². The normalized spacial score (nSPS) is 11.7. The molecule has 100 valence electrons. The number of anilines is 1. The van der Waals surface area contributed by atoms with Crippen LogP contribution < -0.4 is 15.4 Å². The number of nitrogens with zero attached hydrogens (tertiary/aromatic N) is 3. The molecule has 3 N–H and O–H groups in total. The van der Waals surface area contributed by atoms with Gasteiger partial charge in [-0.05, 0) is 31.2 Å². The van der Waals surface area contributed by atoms with Gasteiger partial charge in [-0.25, -0.2) is 4.79 Å². The van der Waals surface area contributed by atoms with E-state index in [-0.39, 0.29) is 12.1 Å². The lowest BCUT2D eigenvalue weighted by Gasteiger charge is -2.11. The highest BCUT2D eigenvalue weighted by Gasteiger charge is 2.13. The molecule has 0 aliphatic rings. The molecule has 1 heterocycles. The standard InChI is InChI=1S/C11H14N6O2/c1-7(10-14-16-17-15-10)12-11(18)13-8-3-5-9(19-2)6-4-8/h3-7H,1-2H3,(H2,12,13,18)(H,14,15,16,17). The summed E-state index contributed by atoms with van der Waals surface area (Å²) in [7, 11) is 1.59. The highest BCUT2D eigenvalue weighted by molar-refractivity contribution is 5.89. The van der Waals surface area contributed by atoms with Crippen LogP contribution in [0.3, 0.4) is 0 Å². The van der Waals surface area contributed by atoms with Gasteiger partial charge in [0, 0.05) is 5.69 Å². The van der Waals surface area contributed by atoms with E-state index < -0.39 is 0 Å². The van der Waals surface area contributed by atoms with E-state index >= 15 is 0 Å². The van der Waals surface area contributed by atoms with Crippen LogP contribution >= 0.6 is 0 Å². The van der Waals surface area contributed by atoms with Crippen molar-refractivity contribution in [1.29, 1.82) is 0 Å². The molecule has 2 rings (SSSR count). The highest BCUT2D eigenvalue weighted by atomic mass is 16.5. The number of rotatable bonds is 4. The molecular weight excluding hydrogens is 248 g/mol. The molecule has 0 saturated heterocycles. The van der Waals surface area contributed by atoms with E-state index in [2.05, 4.69) is 31.3 Å². The van der Waals surface area contributed by atoms with Crippen LogP contribution in [0.2, 0.25) is 0 Å². The summed E-state index contributed by atoms with van der Waals surface area (Å²) < 4.78 is 5.03. The Balaban J connectivity index is 1.90. The van der Waals surface area contributed by atoms with Crippen molar-refractivity contribution in [2.45, 2.75) is 13.0 Å². The van der Waals surface area contributed by atoms with E-state index in [0.29, 0.717) is 11.5 Å². The van der Waals surface area contributed by atoms with Gasteiger partial charge in [-0.2, -0.15) is 5.21 Å². The number of methoxy groups -OCH3 is 1. The Morgan fingerprint density at radius 3 is 2.68 bits per heavy atom. The summed E-state index contributed by atoms with van der Waals surface area (Å²) in [5.74, 6) is 1.15. The van der Waals surface area contributed by atoms with Gasteiger partial charge >= 0.3 is 6.03 Å². The average molecular weight is 262 g/mol. The number of ether oxygens (including phenoxy) is 1. The fraction of sp³-hybridized carbons (Fsp3) is 0.273. The first-order valence-corrected chi connectivity index (χ1v) is 5.64. The second-order valence-electron chi connectivity index (χ2n) is 3.82. The van der Waals surface area contributed by atoms with Crippen molar-refractivity contribution in [3.05, 3.63) is 30.1 Å². The lowest BCUT2D eigenvalue weighted by atomic mass is 10.3. The fourth-order valence-electron chi connectivity index (χ4n) is 1.46. The number of nitrogens with one attached hydrogen (secondary N) is 3. The first-order chi connectivity index (χ1) is 9.19. The van der Waals surface area contributed by atoms with Crippen LogP contribution in [0.15, 0.2) is 24.3 Å². The van der Waals surface area contributed by atoms with Gasteiger partial charge in [-0.15, -0.1) is 10.2 Å². The third kappa shape index (κ3) is 3.41. The maximum absolute atomic E-state index is 11.7. The fourth-order valence-corrected chi connectivity index (χ4v) is 1.46. The maximum atomic E-state index is 11.7. The third-order valence-corrected chi connectivity index (χ3v) is 2.44. The lowest BCUT2D eigenvalue weighted by molar-refractivity contribution is 0.249. The first kappa shape index (κ1) is 12.8. The van der Waals surface area contributed by atoms with Gasteiger partial charge in [-0.3, -0.25) is 0 Å². The summed E-state index contributed by atoms with van der Waals surface area (Å²) in [6, 6.07) is 6.34. The van der Waals surface area contributed by atoms with Gasteiger partial charge in [0.1, 0.15) is 5.75 Å². The van der Waals surface area contributed by atoms with Crippen LogP contribution in [0.25, 0.3) is 0 Å². The average Bonchev–Trinajstić information content (AvgIpc) is 2.93. The Hall–Kier alpha value is -2.64. The summed E-state index contributed by atoms with van der Waals surface area (Å²) in [6.07, 6.45) is 0. The van der Waals surface area contributed by atoms with Gasteiger partial charge in [0.2, 0.25) is 0 Å². The van der Waals surface area contributed by atoms with Crippen LogP contribution in [0.4, 0.5) is 10.5 Å². The zero-order valence-electron chi connectivity index (χ0n) is 10.5. The summed E-state index contributed by atoms with van der Waals surface area (Å²) in [4.78, 5) is 11.7. The number of aromatic amines is 1. The number of hydrogen-bond acceptors (Lipinski definition) is 5. The molecule has 1 aromatic heterocycles. The van der Waals surface area contributed by atoms with Crippen molar-refractivity contribution >= 4 is 11.7 Å². The SMILES string of the molecule is COc1ccc(NC(=O)NC(C)c2nn[nH]n2)cc1. The van der Waals surface area contributed by atoms with Crippen LogP contribution in [0.1, 0.15) is 18.8 Å². The van der Waals surface area contributed by atoms with E-state index in [1.807, 2.05) is 0 Å². The zero-order chi connectivity index (χ0) is 13.7. The summed E-state index contributed by atoms with van der Waals surface area (Å²) in [6.45, 7) is 1.76. The van der Waals surface area contributed by atoms with Crippen molar-refractivity contribution in [2.75, 3.05) is 12.4 Å². The Bertz CT molecular complexity index is 525. The molecule has 0 radical (unpaired) electrons. The molecule has 0 fully saturated rings. The number of amides is 2. The molecule has 0 aliphatic heterocycles. The summed E-state index contributed by atoms with van der Waals surface area (Å²) in [5, 5.41) is 18.7. The number of H-pyrrole nitrogens is 1. The predicted octanol–water partition coefficient (Wildman–Crippen LogP) is 1.09. The predicted molar refractivity (Wildman–Crippen MR) is 67.7 cm³/mol. The Morgan fingerprint density at radius 1 is 1.37 bits per heavy atom. The maximum Gasteiger partial charge on any atom is 0.319 e. The molecule has 2 aromatic rings. The largest absolute Gasteiger partial charge is 0.497 e. The molecule has 1 aromatic carbocycles. The van der Waals surface area contributed by atoms with Crippen molar-refractivity contribution < 1.29 is 9.53 Å². The number of carbonyl (C=O) groups is 1. The molecule has 0 bridgehead atoms. The van der Waals surface area contributed by atoms with E-state index in [1.54, 1.807) is 38.3 Å². The van der Waals surface area contributed by atoms with Crippen molar-refractivity contribution in [3.63, 3.8) is 0 Å². The number of aromatic nitrogens is 4. The zero-order valence-corrected chi connectivity index (χ0v) is 10.5. The number of tetrazole rings is 1. The quantitative estimate of drug-likeness (QED) is 0.765. The Kier molecular flexibility index (Phi) is 3.91. The van der Waals surface area contributed by atoms with Gasteiger partial charge in [0.15, 0.2) is 5.82 Å². The van der Waals surface area contributed by atoms with Crippen LogP contribution in [-0.2, 0) is 0 Å². The minimum absolute atomic E-state index is 0.336. The number of hydrogen-bond donors (Lipinski definition) is 3. The molecule has 8 nitrogen and oxygen atoms in total. The molecule has 1 unspecified atom stereocenters. The molecule has 0 saturated carbocycles. The second kappa shape index (κ2) is 5.80. The molecule has 19 heavy (non-hydrogen) atoms. The van der Waals surface area contributed by atoms with Crippen molar-refractivity contribution in [2.24, 2.45) is 0 Å². The number of urea groups is 1. The first-order valence-electron chi connectivity index (χ1n) is 5.64. The minimum atomic E-state index is -0.345. The minimum Gasteiger partial charge on any atom is -0.497 e. The molecule has 8 heteroatoms. The lowest BCUT2D eigenvalue weighted by Crippen LogP contribution is -2.31. The molecular formula is C11H14N6O2. The highest BCUT2D eigenvalue weighted by Crippen LogP contribution is 2.15. The summed E-state index contributed by atoms with van der Waals surface area (Å²) >= 11 is 0. The molecule has 0 spiro atoms. The van der Waals surface area contributed by atoms with Gasteiger partial charge in [-0.1, -0.05) is 5.21 Å². The second-order valence-corrected chi connectivity index (χ2v) is 3.82. The molecule has 2 amide bonds.